The van der Waals surface area contributed by atoms with Gasteiger partial charge in [0.25, 0.3) is 5.91 Å². The Kier molecular flexibility index (Phi) is 5.03. The molecular weight excluding hydrogens is 328 g/mol. The molecule has 0 bridgehead atoms. The van der Waals surface area contributed by atoms with Crippen molar-refractivity contribution in [2.45, 2.75) is 0 Å². The Labute approximate surface area is 152 Å². The molecule has 0 radical (unpaired) electrons. The number of aromatic hydroxyl groups is 1. The third-order valence-electron chi connectivity index (χ3n) is 3.90. The number of phenols is 1. The average Bonchev–Trinajstić information content (AvgIpc) is 3.11. The largest absolute Gasteiger partial charge is 0.508 e. The molecule has 0 saturated heterocycles. The van der Waals surface area contributed by atoms with Gasteiger partial charge in [-0.25, -0.2) is 5.43 Å². The molecule has 0 saturated carbocycles. The first-order valence-electron chi connectivity index (χ1n) is 8.12. The maximum Gasteiger partial charge on any atom is 0.271 e. The Morgan fingerprint density at radius 2 is 1.88 bits per heavy atom. The molecule has 0 fully saturated rings. The van der Waals surface area contributed by atoms with Crippen molar-refractivity contribution in [3.8, 4) is 11.4 Å². The molecule has 1 heterocycles. The summed E-state index contributed by atoms with van der Waals surface area (Å²) in [5.74, 6) is -0.0592. The predicted octanol–water partition coefficient (Wildman–Crippen LogP) is 3.01. The molecule has 132 valence electrons. The number of carbonyl (C=O) groups is 1. The van der Waals surface area contributed by atoms with Crippen molar-refractivity contribution < 1.29 is 9.90 Å². The summed E-state index contributed by atoms with van der Waals surface area (Å²) in [5, 5.41) is 13.5. The summed E-state index contributed by atoms with van der Waals surface area (Å²) in [4.78, 5) is 14.2. The van der Waals surface area contributed by atoms with E-state index in [0.717, 1.165) is 17.1 Å². The van der Waals surface area contributed by atoms with Crippen molar-refractivity contribution >= 4 is 17.8 Å². The van der Waals surface area contributed by atoms with Gasteiger partial charge < -0.3 is 14.6 Å². The maximum atomic E-state index is 12.3. The van der Waals surface area contributed by atoms with E-state index in [9.17, 15) is 9.90 Å². The van der Waals surface area contributed by atoms with Gasteiger partial charge in [-0.3, -0.25) is 4.79 Å². The standard InChI is InChI=1S/C20H20N4O2/c1-23(2)17-6-3-5-15(13-17)20(26)22-21-14-18-7-4-12-24(18)16-8-10-19(25)11-9-16/h3-14,25H,1-2H3,(H,22,26)/b21-14-. The van der Waals surface area contributed by atoms with E-state index in [1.54, 1.807) is 36.5 Å². The highest BCUT2D eigenvalue weighted by atomic mass is 16.3. The first kappa shape index (κ1) is 17.3. The van der Waals surface area contributed by atoms with Crippen molar-refractivity contribution in [3.63, 3.8) is 0 Å². The molecule has 6 heteroatoms. The van der Waals surface area contributed by atoms with Crippen LogP contribution in [0.3, 0.4) is 0 Å². The van der Waals surface area contributed by atoms with E-state index in [2.05, 4.69) is 10.5 Å². The topological polar surface area (TPSA) is 69.9 Å². The number of amides is 1. The number of benzene rings is 2. The Morgan fingerprint density at radius 1 is 1.12 bits per heavy atom. The fraction of sp³-hybridized carbons (Fsp3) is 0.100. The van der Waals surface area contributed by atoms with Gasteiger partial charge in [-0.2, -0.15) is 5.10 Å². The minimum absolute atomic E-state index is 0.211. The zero-order valence-electron chi connectivity index (χ0n) is 14.6. The normalized spacial score (nSPS) is 10.8. The third kappa shape index (κ3) is 3.92. The molecule has 1 aromatic heterocycles. The zero-order valence-corrected chi connectivity index (χ0v) is 14.6. The summed E-state index contributed by atoms with van der Waals surface area (Å²) >= 11 is 0. The summed E-state index contributed by atoms with van der Waals surface area (Å²) in [5.41, 5.74) is 5.73. The van der Waals surface area contributed by atoms with E-state index in [1.165, 1.54) is 0 Å². The molecule has 0 atom stereocenters. The minimum atomic E-state index is -0.271. The zero-order chi connectivity index (χ0) is 18.5. The minimum Gasteiger partial charge on any atom is -0.508 e. The Balaban J connectivity index is 1.72. The van der Waals surface area contributed by atoms with Gasteiger partial charge in [-0.1, -0.05) is 6.07 Å². The number of nitrogens with one attached hydrogen (secondary N) is 1. The smallest absolute Gasteiger partial charge is 0.271 e. The van der Waals surface area contributed by atoms with Gasteiger partial charge in [-0.15, -0.1) is 0 Å². The molecule has 2 aromatic carbocycles. The second-order valence-electron chi connectivity index (χ2n) is 5.96. The van der Waals surface area contributed by atoms with Crippen LogP contribution in [0.15, 0.2) is 72.0 Å². The molecule has 0 spiro atoms. The second kappa shape index (κ2) is 7.57. The molecule has 6 nitrogen and oxygen atoms in total. The SMILES string of the molecule is CN(C)c1cccc(C(=O)N/N=C\c2cccn2-c2ccc(O)cc2)c1. The molecule has 3 aromatic rings. The van der Waals surface area contributed by atoms with E-state index in [-0.39, 0.29) is 11.7 Å². The lowest BCUT2D eigenvalue weighted by Gasteiger charge is -2.12. The molecular formula is C20H20N4O2. The molecule has 3 rings (SSSR count). The van der Waals surface area contributed by atoms with Crippen LogP contribution in [0.2, 0.25) is 0 Å². The number of aromatic nitrogens is 1. The van der Waals surface area contributed by atoms with E-state index in [0.29, 0.717) is 5.56 Å². The van der Waals surface area contributed by atoms with Crippen LogP contribution >= 0.6 is 0 Å². The lowest BCUT2D eigenvalue weighted by Crippen LogP contribution is -2.18. The van der Waals surface area contributed by atoms with Crippen LogP contribution in [0, 0.1) is 0 Å². The molecule has 0 unspecified atom stereocenters. The van der Waals surface area contributed by atoms with Gasteiger partial charge in [-0.05, 0) is 54.6 Å². The second-order valence-corrected chi connectivity index (χ2v) is 5.96. The summed E-state index contributed by atoms with van der Waals surface area (Å²) in [6.07, 6.45) is 3.47. The van der Waals surface area contributed by atoms with Crippen LogP contribution in [-0.2, 0) is 0 Å². The Morgan fingerprint density at radius 3 is 2.62 bits per heavy atom. The Bertz CT molecular complexity index is 927. The predicted molar refractivity (Wildman–Crippen MR) is 103 cm³/mol. The fourth-order valence-corrected chi connectivity index (χ4v) is 2.49. The fourth-order valence-electron chi connectivity index (χ4n) is 2.49. The number of anilines is 1. The van der Waals surface area contributed by atoms with E-state index in [4.69, 9.17) is 0 Å². The number of hydrogen-bond donors (Lipinski definition) is 2. The van der Waals surface area contributed by atoms with Crippen molar-refractivity contribution in [3.05, 3.63) is 78.1 Å². The first-order chi connectivity index (χ1) is 12.5. The Hall–Kier alpha value is -3.54. The van der Waals surface area contributed by atoms with Crippen molar-refractivity contribution in [2.75, 3.05) is 19.0 Å². The maximum absolute atomic E-state index is 12.3. The van der Waals surface area contributed by atoms with Crippen LogP contribution < -0.4 is 10.3 Å². The van der Waals surface area contributed by atoms with Crippen LogP contribution in [0.1, 0.15) is 16.1 Å². The highest BCUT2D eigenvalue weighted by Gasteiger charge is 2.06. The molecule has 0 aliphatic carbocycles. The molecule has 0 aliphatic rings. The number of nitrogens with zero attached hydrogens (tertiary/aromatic N) is 3. The summed E-state index contributed by atoms with van der Waals surface area (Å²) in [6, 6.07) is 17.9. The van der Waals surface area contributed by atoms with Crippen LogP contribution in [0.5, 0.6) is 5.75 Å². The third-order valence-corrected chi connectivity index (χ3v) is 3.90. The van der Waals surface area contributed by atoms with Crippen LogP contribution in [0.25, 0.3) is 5.69 Å². The first-order valence-corrected chi connectivity index (χ1v) is 8.12. The van der Waals surface area contributed by atoms with Crippen LogP contribution in [-0.4, -0.2) is 35.9 Å². The highest BCUT2D eigenvalue weighted by Crippen LogP contribution is 2.16. The van der Waals surface area contributed by atoms with E-state index in [1.807, 2.05) is 60.1 Å². The average molecular weight is 348 g/mol. The van der Waals surface area contributed by atoms with Crippen molar-refractivity contribution in [2.24, 2.45) is 5.10 Å². The number of rotatable bonds is 5. The van der Waals surface area contributed by atoms with Crippen LogP contribution in [0.4, 0.5) is 5.69 Å². The van der Waals surface area contributed by atoms with Crippen molar-refractivity contribution in [1.82, 2.24) is 9.99 Å². The molecule has 26 heavy (non-hydrogen) atoms. The number of carbonyl (C=O) groups excluding carboxylic acids is 1. The van der Waals surface area contributed by atoms with Crippen molar-refractivity contribution in [1.29, 1.82) is 0 Å². The van der Waals surface area contributed by atoms with Gasteiger partial charge in [0, 0.05) is 37.2 Å². The highest BCUT2D eigenvalue weighted by molar-refractivity contribution is 5.95. The van der Waals surface area contributed by atoms with E-state index >= 15 is 0 Å². The lowest BCUT2D eigenvalue weighted by atomic mass is 10.2. The summed E-state index contributed by atoms with van der Waals surface area (Å²) < 4.78 is 1.90. The lowest BCUT2D eigenvalue weighted by molar-refractivity contribution is 0.0955. The molecule has 0 aliphatic heterocycles. The van der Waals surface area contributed by atoms with Gasteiger partial charge in [0.2, 0.25) is 0 Å². The number of hydrazone groups is 1. The number of phenolic OH excluding ortho intramolecular Hbond substituents is 1. The quantitative estimate of drug-likeness (QED) is 0.550. The molecule has 1 amide bonds. The van der Waals surface area contributed by atoms with Gasteiger partial charge in [0.05, 0.1) is 11.9 Å². The van der Waals surface area contributed by atoms with Gasteiger partial charge in [0.1, 0.15) is 5.75 Å². The monoisotopic (exact) mass is 348 g/mol. The molecule has 2 N–H and O–H groups in total. The summed E-state index contributed by atoms with van der Waals surface area (Å²) in [6.45, 7) is 0. The summed E-state index contributed by atoms with van der Waals surface area (Å²) in [7, 11) is 3.85. The van der Waals surface area contributed by atoms with Gasteiger partial charge in [0.15, 0.2) is 0 Å². The van der Waals surface area contributed by atoms with Gasteiger partial charge >= 0.3 is 0 Å². The van der Waals surface area contributed by atoms with E-state index < -0.39 is 0 Å². The number of hydrogen-bond acceptors (Lipinski definition) is 4.